The number of halogens is 1. The summed E-state index contributed by atoms with van der Waals surface area (Å²) < 4.78 is 0. The number of amides is 2. The lowest BCUT2D eigenvalue weighted by Gasteiger charge is -2.12. The molecule has 2 amide bonds. The van der Waals surface area contributed by atoms with Crippen molar-refractivity contribution in [1.29, 1.82) is 0 Å². The van der Waals surface area contributed by atoms with Crippen LogP contribution < -0.4 is 16.0 Å². The fourth-order valence-corrected chi connectivity index (χ4v) is 2.61. The summed E-state index contributed by atoms with van der Waals surface area (Å²) >= 11 is 7.54. The molecule has 0 saturated carbocycles. The van der Waals surface area contributed by atoms with Gasteiger partial charge >= 0.3 is 0 Å². The number of anilines is 2. The SMILES string of the molecule is CC(=O)Nc1ccc(Cl)cc1NCC(=O)NCc1cccs1. The van der Waals surface area contributed by atoms with Gasteiger partial charge in [0.1, 0.15) is 0 Å². The standard InChI is InChI=1S/C15H16ClN3O2S/c1-10(20)19-13-5-4-11(16)7-14(13)17-9-15(21)18-8-12-3-2-6-22-12/h2-7,17H,8-9H2,1H3,(H,18,21)(H,19,20). The zero-order valence-electron chi connectivity index (χ0n) is 12.0. The van der Waals surface area contributed by atoms with E-state index in [1.54, 1.807) is 29.5 Å². The molecule has 2 rings (SSSR count). The monoisotopic (exact) mass is 337 g/mol. The van der Waals surface area contributed by atoms with Crippen LogP contribution in [0.15, 0.2) is 35.7 Å². The molecule has 0 fully saturated rings. The van der Waals surface area contributed by atoms with Crippen molar-refractivity contribution >= 4 is 46.1 Å². The minimum absolute atomic E-state index is 0.0955. The second kappa shape index (κ2) is 7.82. The van der Waals surface area contributed by atoms with Crippen LogP contribution in [0.4, 0.5) is 11.4 Å². The third kappa shape index (κ3) is 5.05. The fourth-order valence-electron chi connectivity index (χ4n) is 1.80. The molecule has 0 bridgehead atoms. The number of nitrogens with one attached hydrogen (secondary N) is 3. The predicted octanol–water partition coefficient (Wildman–Crippen LogP) is 3.09. The van der Waals surface area contributed by atoms with Crippen molar-refractivity contribution in [1.82, 2.24) is 5.32 Å². The van der Waals surface area contributed by atoms with Gasteiger partial charge in [-0.25, -0.2) is 0 Å². The van der Waals surface area contributed by atoms with Gasteiger partial charge in [-0.2, -0.15) is 0 Å². The van der Waals surface area contributed by atoms with Crippen LogP contribution in [-0.4, -0.2) is 18.4 Å². The first kappa shape index (κ1) is 16.3. The molecule has 22 heavy (non-hydrogen) atoms. The number of hydrogen-bond acceptors (Lipinski definition) is 4. The topological polar surface area (TPSA) is 70.2 Å². The highest BCUT2D eigenvalue weighted by molar-refractivity contribution is 7.09. The maximum atomic E-state index is 11.8. The fraction of sp³-hybridized carbons (Fsp3) is 0.200. The van der Waals surface area contributed by atoms with Crippen molar-refractivity contribution in [3.05, 3.63) is 45.6 Å². The Morgan fingerprint density at radius 2 is 2.05 bits per heavy atom. The van der Waals surface area contributed by atoms with Crippen molar-refractivity contribution in [3.8, 4) is 0 Å². The molecule has 0 aliphatic carbocycles. The van der Waals surface area contributed by atoms with Gasteiger partial charge < -0.3 is 16.0 Å². The highest BCUT2D eigenvalue weighted by Crippen LogP contribution is 2.25. The van der Waals surface area contributed by atoms with E-state index in [1.165, 1.54) is 6.92 Å². The second-order valence-corrected chi connectivity index (χ2v) is 6.05. The van der Waals surface area contributed by atoms with E-state index in [4.69, 9.17) is 11.6 Å². The van der Waals surface area contributed by atoms with Gasteiger partial charge in [-0.1, -0.05) is 17.7 Å². The van der Waals surface area contributed by atoms with Gasteiger partial charge in [-0.3, -0.25) is 9.59 Å². The Hall–Kier alpha value is -2.05. The van der Waals surface area contributed by atoms with Crippen molar-refractivity contribution in [2.75, 3.05) is 17.2 Å². The molecule has 1 aromatic heterocycles. The Morgan fingerprint density at radius 1 is 1.23 bits per heavy atom. The van der Waals surface area contributed by atoms with E-state index in [1.807, 2.05) is 17.5 Å². The first-order valence-electron chi connectivity index (χ1n) is 6.64. The van der Waals surface area contributed by atoms with E-state index in [-0.39, 0.29) is 18.4 Å². The van der Waals surface area contributed by atoms with Crippen molar-refractivity contribution in [2.24, 2.45) is 0 Å². The molecule has 0 saturated heterocycles. The molecule has 0 aliphatic heterocycles. The molecule has 116 valence electrons. The minimum atomic E-state index is -0.187. The molecule has 1 heterocycles. The van der Waals surface area contributed by atoms with Crippen LogP contribution in [0.2, 0.25) is 5.02 Å². The van der Waals surface area contributed by atoms with E-state index in [2.05, 4.69) is 16.0 Å². The van der Waals surface area contributed by atoms with Crippen LogP contribution in [-0.2, 0) is 16.1 Å². The average Bonchev–Trinajstić information content (AvgIpc) is 2.98. The van der Waals surface area contributed by atoms with Crippen LogP contribution >= 0.6 is 22.9 Å². The Labute approximate surface area is 137 Å². The van der Waals surface area contributed by atoms with Crippen LogP contribution in [0.25, 0.3) is 0 Å². The summed E-state index contributed by atoms with van der Waals surface area (Å²) in [7, 11) is 0. The summed E-state index contributed by atoms with van der Waals surface area (Å²) in [6.45, 7) is 2.02. The van der Waals surface area contributed by atoms with Crippen molar-refractivity contribution < 1.29 is 9.59 Å². The zero-order chi connectivity index (χ0) is 15.9. The lowest BCUT2D eigenvalue weighted by Crippen LogP contribution is -2.29. The maximum Gasteiger partial charge on any atom is 0.239 e. The summed E-state index contributed by atoms with van der Waals surface area (Å²) in [5.41, 5.74) is 1.19. The van der Waals surface area contributed by atoms with Crippen LogP contribution in [0.1, 0.15) is 11.8 Å². The van der Waals surface area contributed by atoms with Gasteiger partial charge in [-0.05, 0) is 29.6 Å². The summed E-state index contributed by atoms with van der Waals surface area (Å²) in [5, 5.41) is 11.0. The third-order valence-electron chi connectivity index (χ3n) is 2.77. The molecule has 0 radical (unpaired) electrons. The first-order valence-corrected chi connectivity index (χ1v) is 7.90. The van der Waals surface area contributed by atoms with Gasteiger partial charge in [0.25, 0.3) is 0 Å². The predicted molar refractivity (Wildman–Crippen MR) is 90.4 cm³/mol. The number of rotatable bonds is 6. The molecule has 5 nitrogen and oxygen atoms in total. The highest BCUT2D eigenvalue weighted by Gasteiger charge is 2.07. The van der Waals surface area contributed by atoms with Crippen molar-refractivity contribution in [3.63, 3.8) is 0 Å². The molecule has 1 aromatic carbocycles. The molecular formula is C15H16ClN3O2S. The Kier molecular flexibility index (Phi) is 5.80. The Bertz CT molecular complexity index is 659. The molecule has 0 aliphatic rings. The van der Waals surface area contributed by atoms with Gasteiger partial charge in [0.05, 0.1) is 24.5 Å². The van der Waals surface area contributed by atoms with Gasteiger partial charge in [0.2, 0.25) is 11.8 Å². The van der Waals surface area contributed by atoms with Crippen LogP contribution in [0.5, 0.6) is 0 Å². The van der Waals surface area contributed by atoms with Gasteiger partial charge in [0.15, 0.2) is 0 Å². The van der Waals surface area contributed by atoms with Gasteiger partial charge in [-0.15, -0.1) is 11.3 Å². The number of carbonyl (C=O) groups excluding carboxylic acids is 2. The Morgan fingerprint density at radius 3 is 2.73 bits per heavy atom. The lowest BCUT2D eigenvalue weighted by atomic mass is 10.2. The first-order chi connectivity index (χ1) is 10.5. The minimum Gasteiger partial charge on any atom is -0.374 e. The average molecular weight is 338 g/mol. The van der Waals surface area contributed by atoms with Crippen molar-refractivity contribution in [2.45, 2.75) is 13.5 Å². The maximum absolute atomic E-state index is 11.8. The van der Waals surface area contributed by atoms with E-state index >= 15 is 0 Å². The number of thiophene rings is 1. The zero-order valence-corrected chi connectivity index (χ0v) is 13.6. The highest BCUT2D eigenvalue weighted by atomic mass is 35.5. The molecule has 0 unspecified atom stereocenters. The molecule has 0 atom stereocenters. The largest absolute Gasteiger partial charge is 0.374 e. The third-order valence-corrected chi connectivity index (χ3v) is 3.88. The van der Waals surface area contributed by atoms with Crippen LogP contribution in [0.3, 0.4) is 0 Å². The normalized spacial score (nSPS) is 10.1. The van der Waals surface area contributed by atoms with Gasteiger partial charge in [0, 0.05) is 16.8 Å². The molecule has 2 aromatic rings. The summed E-state index contributed by atoms with van der Waals surface area (Å²) in [4.78, 5) is 24.1. The summed E-state index contributed by atoms with van der Waals surface area (Å²) in [6.07, 6.45) is 0. The summed E-state index contributed by atoms with van der Waals surface area (Å²) in [6, 6.07) is 8.93. The summed E-state index contributed by atoms with van der Waals surface area (Å²) in [5.74, 6) is -0.324. The quantitative estimate of drug-likeness (QED) is 0.758. The van der Waals surface area contributed by atoms with E-state index in [9.17, 15) is 9.59 Å². The molecule has 3 N–H and O–H groups in total. The van der Waals surface area contributed by atoms with E-state index in [0.717, 1.165) is 4.88 Å². The molecular weight excluding hydrogens is 322 g/mol. The smallest absolute Gasteiger partial charge is 0.239 e. The lowest BCUT2D eigenvalue weighted by molar-refractivity contribution is -0.119. The molecule has 7 heteroatoms. The van der Waals surface area contributed by atoms with Crippen LogP contribution in [0, 0.1) is 0 Å². The number of hydrogen-bond donors (Lipinski definition) is 3. The van der Waals surface area contributed by atoms with E-state index in [0.29, 0.717) is 22.9 Å². The number of carbonyl (C=O) groups is 2. The number of benzene rings is 1. The second-order valence-electron chi connectivity index (χ2n) is 4.58. The Balaban J connectivity index is 1.91. The van der Waals surface area contributed by atoms with E-state index < -0.39 is 0 Å². The molecule has 0 spiro atoms.